The minimum Gasteiger partial charge on any atom is -0.449 e. The molecule has 0 fully saturated rings. The number of carbonyl (C=O) groups excluding carboxylic acids is 2. The molecule has 2 heterocycles. The molecule has 130 valence electrons. The Kier molecular flexibility index (Phi) is 3.96. The molecular weight excluding hydrogens is 328 g/mol. The van der Waals surface area contributed by atoms with Gasteiger partial charge in [0.1, 0.15) is 0 Å². The summed E-state index contributed by atoms with van der Waals surface area (Å²) in [5, 5.41) is 0. The summed E-state index contributed by atoms with van der Waals surface area (Å²) < 4.78 is 11.3. The van der Waals surface area contributed by atoms with Crippen molar-refractivity contribution >= 4 is 11.9 Å². The Morgan fingerprint density at radius 1 is 0.615 bits per heavy atom. The van der Waals surface area contributed by atoms with Gasteiger partial charge in [0.05, 0.1) is 0 Å². The number of hydrogen-bond acceptors (Lipinski definition) is 4. The summed E-state index contributed by atoms with van der Waals surface area (Å²) in [6.07, 6.45) is -1.07. The normalized spacial score (nSPS) is 22.7. The lowest BCUT2D eigenvalue weighted by Crippen LogP contribution is -2.09. The van der Waals surface area contributed by atoms with Crippen LogP contribution in [0.15, 0.2) is 83.0 Å². The Bertz CT molecular complexity index is 859. The van der Waals surface area contributed by atoms with Crippen LogP contribution in [0.25, 0.3) is 0 Å². The largest absolute Gasteiger partial charge is 0.449 e. The van der Waals surface area contributed by atoms with E-state index in [1.165, 1.54) is 0 Å². The zero-order valence-electron chi connectivity index (χ0n) is 14.6. The molecule has 0 saturated heterocycles. The van der Waals surface area contributed by atoms with E-state index in [1.807, 2.05) is 60.7 Å². The van der Waals surface area contributed by atoms with Gasteiger partial charge in [-0.2, -0.15) is 0 Å². The van der Waals surface area contributed by atoms with Crippen molar-refractivity contribution in [1.29, 1.82) is 0 Å². The summed E-state index contributed by atoms with van der Waals surface area (Å²) in [6, 6.07) is 19.1. The second-order valence-electron chi connectivity index (χ2n) is 6.47. The number of carbonyl (C=O) groups is 2. The van der Waals surface area contributed by atoms with Gasteiger partial charge in [-0.15, -0.1) is 0 Å². The van der Waals surface area contributed by atoms with Crippen LogP contribution in [0.2, 0.25) is 0 Å². The van der Waals surface area contributed by atoms with Gasteiger partial charge in [0.15, 0.2) is 12.2 Å². The van der Waals surface area contributed by atoms with E-state index in [1.54, 1.807) is 13.8 Å². The highest BCUT2D eigenvalue weighted by molar-refractivity contribution is 5.98. The third-order valence-electron chi connectivity index (χ3n) is 4.89. The van der Waals surface area contributed by atoms with Gasteiger partial charge < -0.3 is 9.47 Å². The Morgan fingerprint density at radius 2 is 0.962 bits per heavy atom. The van der Waals surface area contributed by atoms with Gasteiger partial charge in [0, 0.05) is 22.3 Å². The highest BCUT2D eigenvalue weighted by Gasteiger charge is 2.43. The minimum absolute atomic E-state index is 0.361. The van der Waals surface area contributed by atoms with Crippen LogP contribution >= 0.6 is 0 Å². The highest BCUT2D eigenvalue weighted by atomic mass is 16.6. The maximum Gasteiger partial charge on any atom is 0.335 e. The van der Waals surface area contributed by atoms with Crippen LogP contribution in [-0.2, 0) is 19.1 Å². The lowest BCUT2D eigenvalue weighted by atomic mass is 9.86. The van der Waals surface area contributed by atoms with Crippen molar-refractivity contribution < 1.29 is 19.1 Å². The number of benzene rings is 2. The molecule has 2 aromatic rings. The van der Waals surface area contributed by atoms with Gasteiger partial charge in [-0.1, -0.05) is 60.7 Å². The Labute approximate surface area is 151 Å². The van der Waals surface area contributed by atoms with Crippen molar-refractivity contribution in [2.75, 3.05) is 0 Å². The van der Waals surface area contributed by atoms with Crippen molar-refractivity contribution in [1.82, 2.24) is 0 Å². The molecule has 4 nitrogen and oxygen atoms in total. The predicted molar refractivity (Wildman–Crippen MR) is 96.0 cm³/mol. The van der Waals surface area contributed by atoms with Crippen LogP contribution in [0.3, 0.4) is 0 Å². The van der Waals surface area contributed by atoms with E-state index < -0.39 is 12.2 Å². The van der Waals surface area contributed by atoms with Crippen molar-refractivity contribution in [3.05, 3.63) is 94.1 Å². The molecule has 4 rings (SSSR count). The molecule has 0 saturated carbocycles. The molecule has 4 heteroatoms. The third-order valence-corrected chi connectivity index (χ3v) is 4.89. The van der Waals surface area contributed by atoms with E-state index in [4.69, 9.17) is 9.47 Å². The molecule has 0 radical (unpaired) electrons. The van der Waals surface area contributed by atoms with E-state index in [0.717, 1.165) is 22.3 Å². The Morgan fingerprint density at radius 3 is 1.31 bits per heavy atom. The lowest BCUT2D eigenvalue weighted by molar-refractivity contribution is -0.141. The summed E-state index contributed by atoms with van der Waals surface area (Å²) in [6.45, 7) is 3.48. The molecule has 0 bridgehead atoms. The summed E-state index contributed by atoms with van der Waals surface area (Å²) >= 11 is 0. The van der Waals surface area contributed by atoms with E-state index in [2.05, 4.69) is 0 Å². The average Bonchev–Trinajstić information content (AvgIpc) is 3.13. The molecule has 2 aliphatic rings. The second-order valence-corrected chi connectivity index (χ2v) is 6.47. The average molecular weight is 346 g/mol. The van der Waals surface area contributed by atoms with Crippen molar-refractivity contribution in [2.24, 2.45) is 0 Å². The van der Waals surface area contributed by atoms with Gasteiger partial charge in [0.25, 0.3) is 0 Å². The summed E-state index contributed by atoms with van der Waals surface area (Å²) in [5.41, 5.74) is 4.26. The molecule has 0 N–H and O–H groups in total. The molecule has 0 spiro atoms. The fraction of sp³-hybridized carbons (Fsp3) is 0.182. The number of hydrogen-bond donors (Lipinski definition) is 0. The minimum atomic E-state index is -0.533. The van der Waals surface area contributed by atoms with Gasteiger partial charge in [-0.25, -0.2) is 9.59 Å². The third kappa shape index (κ3) is 2.54. The first kappa shape index (κ1) is 16.3. The van der Waals surface area contributed by atoms with E-state index >= 15 is 0 Å². The zero-order valence-corrected chi connectivity index (χ0v) is 14.6. The van der Waals surface area contributed by atoms with Crippen LogP contribution in [0.4, 0.5) is 0 Å². The van der Waals surface area contributed by atoms with Gasteiger partial charge in [0.2, 0.25) is 0 Å². The summed E-state index contributed by atoms with van der Waals surface area (Å²) in [4.78, 5) is 24.7. The van der Waals surface area contributed by atoms with E-state index in [0.29, 0.717) is 11.1 Å². The quantitative estimate of drug-likeness (QED) is 0.781. The first-order valence-electron chi connectivity index (χ1n) is 8.51. The predicted octanol–water partition coefficient (Wildman–Crippen LogP) is 4.22. The standard InChI is InChI=1S/C22H18O4/c1-13-17(19(25-21(13)23)15-9-5-3-6-10-15)18-14(2)22(24)26-20(18)16-11-7-4-8-12-16/h3-12,19-20H,1-2H3/t19-,20+. The molecule has 2 atom stereocenters. The molecule has 2 aliphatic heterocycles. The highest BCUT2D eigenvalue weighted by Crippen LogP contribution is 2.48. The van der Waals surface area contributed by atoms with Gasteiger partial charge >= 0.3 is 11.9 Å². The maximum atomic E-state index is 12.3. The van der Waals surface area contributed by atoms with E-state index in [9.17, 15) is 9.59 Å². The SMILES string of the molecule is CC1=C(C2=C(C)C(=O)O[C@@H]2c2ccccc2)[C@H](c2ccccc2)OC1=O. The van der Waals surface area contributed by atoms with Crippen LogP contribution in [0.5, 0.6) is 0 Å². The lowest BCUT2D eigenvalue weighted by Gasteiger charge is -2.20. The monoisotopic (exact) mass is 346 g/mol. The number of rotatable bonds is 3. The number of cyclic esters (lactones) is 2. The molecule has 0 unspecified atom stereocenters. The summed E-state index contributed by atoms with van der Waals surface area (Å²) in [5.74, 6) is -0.722. The topological polar surface area (TPSA) is 52.6 Å². The molecule has 26 heavy (non-hydrogen) atoms. The molecule has 2 aromatic carbocycles. The fourth-order valence-electron chi connectivity index (χ4n) is 3.53. The molecule has 0 aromatic heterocycles. The Hall–Kier alpha value is -3.14. The smallest absolute Gasteiger partial charge is 0.335 e. The molecule has 0 aliphatic carbocycles. The zero-order chi connectivity index (χ0) is 18.3. The van der Waals surface area contributed by atoms with Crippen molar-refractivity contribution in [3.8, 4) is 0 Å². The van der Waals surface area contributed by atoms with Crippen LogP contribution in [0, 0.1) is 0 Å². The van der Waals surface area contributed by atoms with Crippen LogP contribution in [-0.4, -0.2) is 11.9 Å². The van der Waals surface area contributed by atoms with Gasteiger partial charge in [-0.05, 0) is 25.0 Å². The van der Waals surface area contributed by atoms with Crippen LogP contribution < -0.4 is 0 Å². The first-order valence-corrected chi connectivity index (χ1v) is 8.51. The first-order chi connectivity index (χ1) is 12.6. The second kappa shape index (κ2) is 6.30. The summed E-state index contributed by atoms with van der Waals surface area (Å²) in [7, 11) is 0. The van der Waals surface area contributed by atoms with E-state index in [-0.39, 0.29) is 11.9 Å². The maximum absolute atomic E-state index is 12.3. The molecular formula is C22H18O4. The van der Waals surface area contributed by atoms with Crippen molar-refractivity contribution in [3.63, 3.8) is 0 Å². The fourth-order valence-corrected chi connectivity index (χ4v) is 3.53. The Balaban J connectivity index is 1.87. The number of ether oxygens (including phenoxy) is 2. The van der Waals surface area contributed by atoms with Crippen molar-refractivity contribution in [2.45, 2.75) is 26.1 Å². The molecule has 0 amide bonds. The van der Waals surface area contributed by atoms with Gasteiger partial charge in [-0.3, -0.25) is 0 Å². The van der Waals surface area contributed by atoms with Crippen LogP contribution in [0.1, 0.15) is 37.2 Å². The number of esters is 2.